The molecule has 0 aliphatic carbocycles. The summed E-state index contributed by atoms with van der Waals surface area (Å²) in [5, 5.41) is 11.8. The van der Waals surface area contributed by atoms with Gasteiger partial charge in [-0.15, -0.1) is 10.2 Å². The molecule has 1 aliphatic heterocycles. The van der Waals surface area contributed by atoms with Gasteiger partial charge in [0.2, 0.25) is 5.91 Å². The van der Waals surface area contributed by atoms with Crippen molar-refractivity contribution in [1.82, 2.24) is 20.5 Å². The van der Waals surface area contributed by atoms with Crippen molar-refractivity contribution in [2.24, 2.45) is 5.73 Å². The van der Waals surface area contributed by atoms with Crippen LogP contribution in [0.2, 0.25) is 0 Å². The number of primary amides is 1. The molecule has 6 heteroatoms. The lowest BCUT2D eigenvalue weighted by Crippen LogP contribution is -2.27. The van der Waals surface area contributed by atoms with E-state index in [1.54, 1.807) is 12.1 Å². The highest BCUT2D eigenvalue weighted by atomic mass is 16.1. The zero-order valence-corrected chi connectivity index (χ0v) is 11.1. The molecular weight excluding hydrogens is 254 g/mol. The van der Waals surface area contributed by atoms with E-state index in [0.29, 0.717) is 11.5 Å². The molecule has 1 aromatic heterocycles. The number of nitrogens with one attached hydrogen (secondary N) is 2. The van der Waals surface area contributed by atoms with Gasteiger partial charge < -0.3 is 16.0 Å². The summed E-state index contributed by atoms with van der Waals surface area (Å²) in [6, 6.07) is 7.05. The Labute approximate surface area is 116 Å². The molecule has 0 atom stereocenters. The maximum absolute atomic E-state index is 11.0. The molecule has 0 saturated carbocycles. The summed E-state index contributed by atoms with van der Waals surface area (Å²) in [6.07, 6.45) is 2.16. The van der Waals surface area contributed by atoms with Crippen LogP contribution in [0.15, 0.2) is 24.3 Å². The Morgan fingerprint density at radius 3 is 2.50 bits per heavy atom. The SMILES string of the molecule is NC(=O)c1ccc(-c2nnc(C3CCNCC3)[nH]2)cc1. The molecule has 1 aromatic carbocycles. The minimum Gasteiger partial charge on any atom is -0.366 e. The Hall–Kier alpha value is -2.21. The van der Waals surface area contributed by atoms with E-state index < -0.39 is 5.91 Å². The lowest BCUT2D eigenvalue weighted by Gasteiger charge is -2.19. The second-order valence-corrected chi connectivity index (χ2v) is 5.02. The number of H-pyrrole nitrogens is 1. The van der Waals surface area contributed by atoms with Crippen molar-refractivity contribution in [3.8, 4) is 11.4 Å². The van der Waals surface area contributed by atoms with Crippen LogP contribution in [0, 0.1) is 0 Å². The number of amides is 1. The van der Waals surface area contributed by atoms with Crippen molar-refractivity contribution < 1.29 is 4.79 Å². The fourth-order valence-corrected chi connectivity index (χ4v) is 2.48. The van der Waals surface area contributed by atoms with Gasteiger partial charge in [-0.2, -0.15) is 0 Å². The standard InChI is InChI=1S/C14H17N5O/c15-12(20)9-1-3-10(4-2-9)13-17-14(19-18-13)11-5-7-16-8-6-11/h1-4,11,16H,5-8H2,(H2,15,20)(H,17,18,19). The number of carbonyl (C=O) groups is 1. The fourth-order valence-electron chi connectivity index (χ4n) is 2.48. The van der Waals surface area contributed by atoms with Crippen molar-refractivity contribution in [3.63, 3.8) is 0 Å². The average Bonchev–Trinajstić information content (AvgIpc) is 2.98. The van der Waals surface area contributed by atoms with Crippen LogP contribution in [-0.4, -0.2) is 34.2 Å². The quantitative estimate of drug-likeness (QED) is 0.777. The number of hydrogen-bond donors (Lipinski definition) is 3. The molecule has 3 rings (SSSR count). The summed E-state index contributed by atoms with van der Waals surface area (Å²) in [5.41, 5.74) is 6.62. The third kappa shape index (κ3) is 2.55. The molecule has 0 radical (unpaired) electrons. The summed E-state index contributed by atoms with van der Waals surface area (Å²) < 4.78 is 0. The second-order valence-electron chi connectivity index (χ2n) is 5.02. The van der Waals surface area contributed by atoms with E-state index >= 15 is 0 Å². The van der Waals surface area contributed by atoms with Crippen molar-refractivity contribution in [2.75, 3.05) is 13.1 Å². The molecule has 2 aromatic rings. The van der Waals surface area contributed by atoms with E-state index in [0.717, 1.165) is 43.1 Å². The van der Waals surface area contributed by atoms with Crippen LogP contribution in [-0.2, 0) is 0 Å². The maximum atomic E-state index is 11.0. The Balaban J connectivity index is 1.80. The Kier molecular flexibility index (Phi) is 3.47. The van der Waals surface area contributed by atoms with Crippen molar-refractivity contribution in [3.05, 3.63) is 35.7 Å². The van der Waals surface area contributed by atoms with Crippen LogP contribution >= 0.6 is 0 Å². The summed E-state index contributed by atoms with van der Waals surface area (Å²) in [6.45, 7) is 2.04. The Morgan fingerprint density at radius 2 is 1.85 bits per heavy atom. The first-order valence-corrected chi connectivity index (χ1v) is 6.77. The lowest BCUT2D eigenvalue weighted by molar-refractivity contribution is 0.100. The van der Waals surface area contributed by atoms with Crippen LogP contribution in [0.25, 0.3) is 11.4 Å². The van der Waals surface area contributed by atoms with Gasteiger partial charge in [0.15, 0.2) is 5.82 Å². The number of benzene rings is 1. The number of aromatic amines is 1. The first-order chi connectivity index (χ1) is 9.74. The van der Waals surface area contributed by atoms with Crippen LogP contribution in [0.3, 0.4) is 0 Å². The molecule has 1 aliphatic rings. The Bertz CT molecular complexity index is 598. The minimum atomic E-state index is -0.426. The zero-order chi connectivity index (χ0) is 13.9. The van der Waals surface area contributed by atoms with Crippen LogP contribution < -0.4 is 11.1 Å². The largest absolute Gasteiger partial charge is 0.366 e. The zero-order valence-electron chi connectivity index (χ0n) is 11.1. The topological polar surface area (TPSA) is 96.7 Å². The normalized spacial score (nSPS) is 16.2. The summed E-state index contributed by atoms with van der Waals surface area (Å²) in [5.74, 6) is 1.70. The van der Waals surface area contributed by atoms with Gasteiger partial charge in [0, 0.05) is 17.0 Å². The predicted molar refractivity (Wildman–Crippen MR) is 75.2 cm³/mol. The third-order valence-electron chi connectivity index (χ3n) is 3.67. The molecule has 2 heterocycles. The number of piperidine rings is 1. The van der Waals surface area contributed by atoms with Crippen LogP contribution in [0.4, 0.5) is 0 Å². The molecule has 104 valence electrons. The highest BCUT2D eigenvalue weighted by Crippen LogP contribution is 2.24. The number of hydrogen-bond acceptors (Lipinski definition) is 4. The first-order valence-electron chi connectivity index (χ1n) is 6.77. The van der Waals surface area contributed by atoms with E-state index in [-0.39, 0.29) is 0 Å². The van der Waals surface area contributed by atoms with Gasteiger partial charge in [-0.25, -0.2) is 0 Å². The van der Waals surface area contributed by atoms with E-state index in [4.69, 9.17) is 5.73 Å². The van der Waals surface area contributed by atoms with Crippen molar-refractivity contribution in [2.45, 2.75) is 18.8 Å². The molecule has 0 unspecified atom stereocenters. The highest BCUT2D eigenvalue weighted by Gasteiger charge is 2.19. The average molecular weight is 271 g/mol. The molecule has 0 spiro atoms. The number of nitrogens with zero attached hydrogens (tertiary/aromatic N) is 2. The third-order valence-corrected chi connectivity index (χ3v) is 3.67. The van der Waals surface area contributed by atoms with E-state index in [9.17, 15) is 4.79 Å². The van der Waals surface area contributed by atoms with Crippen molar-refractivity contribution in [1.29, 1.82) is 0 Å². The Morgan fingerprint density at radius 1 is 1.15 bits per heavy atom. The van der Waals surface area contributed by atoms with Gasteiger partial charge in [0.25, 0.3) is 0 Å². The number of nitrogens with two attached hydrogens (primary N) is 1. The van der Waals surface area contributed by atoms with Crippen molar-refractivity contribution >= 4 is 5.91 Å². The predicted octanol–water partition coefficient (Wildman–Crippen LogP) is 1.04. The van der Waals surface area contributed by atoms with E-state index in [1.165, 1.54) is 0 Å². The molecule has 20 heavy (non-hydrogen) atoms. The van der Waals surface area contributed by atoms with Gasteiger partial charge in [0.05, 0.1) is 0 Å². The lowest BCUT2D eigenvalue weighted by atomic mass is 9.98. The highest BCUT2D eigenvalue weighted by molar-refractivity contribution is 5.93. The van der Waals surface area contributed by atoms with Gasteiger partial charge in [0.1, 0.15) is 5.82 Å². The molecule has 1 fully saturated rings. The molecule has 0 bridgehead atoms. The monoisotopic (exact) mass is 271 g/mol. The molecule has 1 saturated heterocycles. The molecule has 4 N–H and O–H groups in total. The summed E-state index contributed by atoms with van der Waals surface area (Å²) >= 11 is 0. The molecule has 6 nitrogen and oxygen atoms in total. The van der Waals surface area contributed by atoms with Crippen LogP contribution in [0.1, 0.15) is 34.9 Å². The maximum Gasteiger partial charge on any atom is 0.248 e. The van der Waals surface area contributed by atoms with E-state index in [2.05, 4.69) is 20.5 Å². The second kappa shape index (κ2) is 5.42. The van der Waals surface area contributed by atoms with Crippen LogP contribution in [0.5, 0.6) is 0 Å². The fraction of sp³-hybridized carbons (Fsp3) is 0.357. The minimum absolute atomic E-state index is 0.426. The number of aromatic nitrogens is 3. The number of rotatable bonds is 3. The number of carbonyl (C=O) groups excluding carboxylic acids is 1. The van der Waals surface area contributed by atoms with Gasteiger partial charge >= 0.3 is 0 Å². The van der Waals surface area contributed by atoms with Gasteiger partial charge in [-0.1, -0.05) is 12.1 Å². The first kappa shape index (κ1) is 12.8. The van der Waals surface area contributed by atoms with Gasteiger partial charge in [-0.05, 0) is 38.1 Å². The summed E-state index contributed by atoms with van der Waals surface area (Å²) in [7, 11) is 0. The smallest absolute Gasteiger partial charge is 0.248 e. The van der Waals surface area contributed by atoms with E-state index in [1.807, 2.05) is 12.1 Å². The molecule has 1 amide bonds. The van der Waals surface area contributed by atoms with Gasteiger partial charge in [-0.3, -0.25) is 4.79 Å². The summed E-state index contributed by atoms with van der Waals surface area (Å²) in [4.78, 5) is 14.3. The molecular formula is C14H17N5O.